The number of halogens is 1. The lowest BCUT2D eigenvalue weighted by Gasteiger charge is -2.32. The van der Waals surface area contributed by atoms with Gasteiger partial charge in [-0.05, 0) is 25.3 Å². The number of piperidine rings is 1. The number of rotatable bonds is 2. The summed E-state index contributed by atoms with van der Waals surface area (Å²) < 4.78 is 13.0. The number of pyridine rings is 1. The molecule has 1 fully saturated rings. The lowest BCUT2D eigenvalue weighted by Crippen LogP contribution is -2.48. The van der Waals surface area contributed by atoms with Gasteiger partial charge in [0, 0.05) is 12.7 Å². The molecule has 0 aromatic carbocycles. The Kier molecular flexibility index (Phi) is 3.55. The van der Waals surface area contributed by atoms with Gasteiger partial charge in [0.25, 0.3) is 5.91 Å². The van der Waals surface area contributed by atoms with Crippen LogP contribution in [0, 0.1) is 5.82 Å². The number of hydrogen-bond donors (Lipinski definition) is 1. The number of aliphatic carboxylic acids is 1. The van der Waals surface area contributed by atoms with Gasteiger partial charge in [-0.1, -0.05) is 0 Å². The summed E-state index contributed by atoms with van der Waals surface area (Å²) in [5.41, 5.74) is 0.0863. The molecule has 0 saturated carbocycles. The molecule has 1 aromatic rings. The first-order valence-corrected chi connectivity index (χ1v) is 5.74. The van der Waals surface area contributed by atoms with E-state index in [9.17, 15) is 14.0 Å². The van der Waals surface area contributed by atoms with Crippen LogP contribution in [0.1, 0.15) is 29.6 Å². The summed E-state index contributed by atoms with van der Waals surface area (Å²) in [4.78, 5) is 28.1. The van der Waals surface area contributed by atoms with Crippen molar-refractivity contribution in [2.24, 2.45) is 0 Å². The molecule has 1 N–H and O–H groups in total. The van der Waals surface area contributed by atoms with Crippen molar-refractivity contribution in [3.63, 3.8) is 0 Å². The smallest absolute Gasteiger partial charge is 0.326 e. The predicted molar refractivity (Wildman–Crippen MR) is 60.5 cm³/mol. The fraction of sp³-hybridized carbons (Fsp3) is 0.417. The molecular weight excluding hydrogens is 239 g/mol. The van der Waals surface area contributed by atoms with Crippen molar-refractivity contribution >= 4 is 11.9 Å². The number of amides is 1. The summed E-state index contributed by atoms with van der Waals surface area (Å²) in [7, 11) is 0. The van der Waals surface area contributed by atoms with Crippen LogP contribution in [-0.2, 0) is 4.79 Å². The molecule has 18 heavy (non-hydrogen) atoms. The molecule has 1 aromatic heterocycles. The lowest BCUT2D eigenvalue weighted by atomic mass is 10.0. The Morgan fingerprint density at radius 3 is 2.83 bits per heavy atom. The van der Waals surface area contributed by atoms with E-state index in [2.05, 4.69) is 4.98 Å². The maximum absolute atomic E-state index is 13.0. The SMILES string of the molecule is O=C(O)[C@H]1CCCCN1C(=O)c1cncc(F)c1. The van der Waals surface area contributed by atoms with E-state index in [1.165, 1.54) is 11.1 Å². The minimum Gasteiger partial charge on any atom is -0.480 e. The quantitative estimate of drug-likeness (QED) is 0.861. The molecule has 0 aliphatic carbocycles. The van der Waals surface area contributed by atoms with Crippen molar-refractivity contribution in [3.05, 3.63) is 29.8 Å². The van der Waals surface area contributed by atoms with E-state index >= 15 is 0 Å². The van der Waals surface area contributed by atoms with Crippen molar-refractivity contribution in [2.75, 3.05) is 6.54 Å². The molecule has 2 rings (SSSR count). The van der Waals surface area contributed by atoms with Crippen LogP contribution >= 0.6 is 0 Å². The minimum absolute atomic E-state index is 0.0863. The highest BCUT2D eigenvalue weighted by molar-refractivity contribution is 5.96. The van der Waals surface area contributed by atoms with Crippen LogP contribution in [0.4, 0.5) is 4.39 Å². The third kappa shape index (κ3) is 2.47. The molecule has 6 heteroatoms. The van der Waals surface area contributed by atoms with Crippen molar-refractivity contribution < 1.29 is 19.1 Å². The molecule has 0 bridgehead atoms. The summed E-state index contributed by atoms with van der Waals surface area (Å²) in [6.45, 7) is 0.381. The molecular formula is C12H13FN2O3. The van der Waals surface area contributed by atoms with Gasteiger partial charge in [-0.3, -0.25) is 9.78 Å². The number of carboxylic acid groups (broad SMARTS) is 1. The monoisotopic (exact) mass is 252 g/mol. The highest BCUT2D eigenvalue weighted by Gasteiger charge is 2.32. The molecule has 1 aliphatic rings. The van der Waals surface area contributed by atoms with E-state index < -0.39 is 23.7 Å². The van der Waals surface area contributed by atoms with Gasteiger partial charge in [-0.15, -0.1) is 0 Å². The van der Waals surface area contributed by atoms with Crippen molar-refractivity contribution in [1.29, 1.82) is 0 Å². The Morgan fingerprint density at radius 2 is 2.17 bits per heavy atom. The second-order valence-electron chi connectivity index (χ2n) is 4.24. The van der Waals surface area contributed by atoms with Gasteiger partial charge >= 0.3 is 5.97 Å². The first kappa shape index (κ1) is 12.5. The molecule has 1 atom stereocenters. The molecule has 96 valence electrons. The summed E-state index contributed by atoms with van der Waals surface area (Å²) in [6, 6.07) is 0.248. The van der Waals surface area contributed by atoms with Crippen LogP contribution < -0.4 is 0 Å². The largest absolute Gasteiger partial charge is 0.480 e. The van der Waals surface area contributed by atoms with Crippen LogP contribution in [0.3, 0.4) is 0 Å². The zero-order chi connectivity index (χ0) is 13.1. The topological polar surface area (TPSA) is 70.5 Å². The number of aromatic nitrogens is 1. The minimum atomic E-state index is -1.02. The average molecular weight is 252 g/mol. The molecule has 0 radical (unpaired) electrons. The van der Waals surface area contributed by atoms with Gasteiger partial charge in [0.1, 0.15) is 11.9 Å². The van der Waals surface area contributed by atoms with Gasteiger partial charge in [0.05, 0.1) is 11.8 Å². The van der Waals surface area contributed by atoms with Gasteiger partial charge in [-0.2, -0.15) is 0 Å². The molecule has 5 nitrogen and oxygen atoms in total. The number of hydrogen-bond acceptors (Lipinski definition) is 3. The van der Waals surface area contributed by atoms with E-state index in [-0.39, 0.29) is 5.56 Å². The zero-order valence-electron chi connectivity index (χ0n) is 9.67. The van der Waals surface area contributed by atoms with Crippen LogP contribution in [-0.4, -0.2) is 39.5 Å². The maximum atomic E-state index is 13.0. The van der Waals surface area contributed by atoms with Crippen LogP contribution in [0.15, 0.2) is 18.5 Å². The van der Waals surface area contributed by atoms with Crippen molar-refractivity contribution in [1.82, 2.24) is 9.88 Å². The number of carbonyl (C=O) groups is 2. The Hall–Kier alpha value is -1.98. The second-order valence-corrected chi connectivity index (χ2v) is 4.24. The molecule has 0 unspecified atom stereocenters. The van der Waals surface area contributed by atoms with Crippen molar-refractivity contribution in [2.45, 2.75) is 25.3 Å². The highest BCUT2D eigenvalue weighted by Crippen LogP contribution is 2.19. The van der Waals surface area contributed by atoms with E-state index in [0.717, 1.165) is 25.1 Å². The average Bonchev–Trinajstić information content (AvgIpc) is 2.38. The second kappa shape index (κ2) is 5.12. The van der Waals surface area contributed by atoms with Gasteiger partial charge < -0.3 is 10.0 Å². The number of nitrogens with zero attached hydrogens (tertiary/aromatic N) is 2. The fourth-order valence-electron chi connectivity index (χ4n) is 2.13. The van der Waals surface area contributed by atoms with E-state index in [0.29, 0.717) is 13.0 Å². The predicted octanol–water partition coefficient (Wildman–Crippen LogP) is 1.30. The van der Waals surface area contributed by atoms with Gasteiger partial charge in [0.2, 0.25) is 0 Å². The number of carbonyl (C=O) groups excluding carboxylic acids is 1. The van der Waals surface area contributed by atoms with Crippen LogP contribution in [0.25, 0.3) is 0 Å². The first-order valence-electron chi connectivity index (χ1n) is 5.74. The van der Waals surface area contributed by atoms with Gasteiger partial charge in [-0.25, -0.2) is 9.18 Å². The van der Waals surface area contributed by atoms with E-state index in [4.69, 9.17) is 5.11 Å². The Bertz CT molecular complexity index is 478. The lowest BCUT2D eigenvalue weighted by molar-refractivity contribution is -0.143. The fourth-order valence-corrected chi connectivity index (χ4v) is 2.13. The molecule has 2 heterocycles. The number of likely N-dealkylation sites (tertiary alicyclic amines) is 1. The third-order valence-corrected chi connectivity index (χ3v) is 3.00. The molecule has 1 aliphatic heterocycles. The summed E-state index contributed by atoms with van der Waals surface area (Å²) in [6.07, 6.45) is 4.23. The summed E-state index contributed by atoms with van der Waals surface area (Å²) >= 11 is 0. The standard InChI is InChI=1S/C12H13FN2O3/c13-9-5-8(6-14-7-9)11(16)15-4-2-1-3-10(15)12(17)18/h5-7,10H,1-4H2,(H,17,18)/t10-/m1/s1. The zero-order valence-corrected chi connectivity index (χ0v) is 9.67. The Balaban J connectivity index is 2.23. The molecule has 1 saturated heterocycles. The highest BCUT2D eigenvalue weighted by atomic mass is 19.1. The Morgan fingerprint density at radius 1 is 1.39 bits per heavy atom. The number of carboxylic acids is 1. The van der Waals surface area contributed by atoms with Crippen molar-refractivity contribution in [3.8, 4) is 0 Å². The molecule has 0 spiro atoms. The normalized spacial score (nSPS) is 19.6. The maximum Gasteiger partial charge on any atom is 0.326 e. The molecule has 1 amide bonds. The Labute approximate surface area is 103 Å². The van der Waals surface area contributed by atoms with E-state index in [1.54, 1.807) is 0 Å². The third-order valence-electron chi connectivity index (χ3n) is 3.00. The van der Waals surface area contributed by atoms with Gasteiger partial charge in [0.15, 0.2) is 0 Å². The van der Waals surface area contributed by atoms with Crippen LogP contribution in [0.2, 0.25) is 0 Å². The summed E-state index contributed by atoms with van der Waals surface area (Å²) in [5.74, 6) is -2.11. The van der Waals surface area contributed by atoms with E-state index in [1.807, 2.05) is 0 Å². The summed E-state index contributed by atoms with van der Waals surface area (Å²) in [5, 5.41) is 9.08. The first-order chi connectivity index (χ1) is 8.59. The van der Waals surface area contributed by atoms with Crippen LogP contribution in [0.5, 0.6) is 0 Å².